The maximum absolute atomic E-state index is 14.4. The summed E-state index contributed by atoms with van der Waals surface area (Å²) in [4.78, 5) is 9.19. The van der Waals surface area contributed by atoms with E-state index in [0.29, 0.717) is 42.7 Å². The summed E-state index contributed by atoms with van der Waals surface area (Å²) in [5, 5.41) is 12.0. The van der Waals surface area contributed by atoms with Crippen molar-refractivity contribution >= 4 is 11.5 Å². The molecule has 1 aliphatic heterocycles. The normalized spacial score (nSPS) is 19.4. The van der Waals surface area contributed by atoms with E-state index in [4.69, 9.17) is 4.42 Å². The number of hydrogen-bond acceptors (Lipinski definition) is 6. The highest BCUT2D eigenvalue weighted by molar-refractivity contribution is 5.53. The number of alkyl halides is 2. The summed E-state index contributed by atoms with van der Waals surface area (Å²) in [6.07, 6.45) is 4.69. The second kappa shape index (κ2) is 6.07. The fraction of sp³-hybridized carbons (Fsp3) is 0.368. The van der Waals surface area contributed by atoms with Gasteiger partial charge in [0.05, 0.1) is 17.7 Å². The highest BCUT2D eigenvalue weighted by Gasteiger charge is 2.52. The Labute approximate surface area is 167 Å². The van der Waals surface area contributed by atoms with E-state index in [1.807, 2.05) is 0 Å². The molecule has 0 spiro atoms. The predicted octanol–water partition coefficient (Wildman–Crippen LogP) is 3.23. The van der Waals surface area contributed by atoms with Crippen LogP contribution in [-0.2, 0) is 12.3 Å². The Morgan fingerprint density at radius 1 is 1.23 bits per heavy atom. The molecule has 1 saturated carbocycles. The van der Waals surface area contributed by atoms with E-state index < -0.39 is 29.6 Å². The highest BCUT2D eigenvalue weighted by atomic mass is 19.3. The van der Waals surface area contributed by atoms with Gasteiger partial charge in [-0.05, 0) is 31.0 Å². The van der Waals surface area contributed by atoms with E-state index >= 15 is 0 Å². The minimum absolute atomic E-state index is 0.0264. The molecule has 5 heterocycles. The predicted molar refractivity (Wildman–Crippen MR) is 97.5 cm³/mol. The summed E-state index contributed by atoms with van der Waals surface area (Å²) in [5.41, 5.74) is 2.37. The van der Waals surface area contributed by atoms with Gasteiger partial charge in [-0.1, -0.05) is 5.10 Å². The average molecular weight is 415 g/mol. The van der Waals surface area contributed by atoms with Crippen molar-refractivity contribution in [3.63, 3.8) is 0 Å². The molecule has 1 atom stereocenters. The van der Waals surface area contributed by atoms with Gasteiger partial charge in [0.15, 0.2) is 0 Å². The van der Waals surface area contributed by atoms with E-state index in [-0.39, 0.29) is 6.01 Å². The molecule has 1 fully saturated rings. The van der Waals surface area contributed by atoms with Gasteiger partial charge in [0, 0.05) is 30.8 Å². The molecule has 0 aromatic carbocycles. The Morgan fingerprint density at radius 2 is 2.10 bits per heavy atom. The first-order valence-corrected chi connectivity index (χ1v) is 9.67. The second-order valence-corrected chi connectivity index (χ2v) is 7.65. The summed E-state index contributed by atoms with van der Waals surface area (Å²) < 4.78 is 49.9. The molecule has 0 radical (unpaired) electrons. The van der Waals surface area contributed by atoms with Crippen molar-refractivity contribution in [2.45, 2.75) is 31.2 Å². The van der Waals surface area contributed by atoms with E-state index in [2.05, 4.69) is 25.3 Å². The van der Waals surface area contributed by atoms with Gasteiger partial charge in [-0.25, -0.2) is 13.9 Å². The Morgan fingerprint density at radius 3 is 2.90 bits per heavy atom. The maximum Gasteiger partial charge on any atom is 0.326 e. The smallest absolute Gasteiger partial charge is 0.326 e. The molecule has 154 valence electrons. The number of aromatic amines is 1. The number of nitrogens with one attached hydrogen (secondary N) is 1. The quantitative estimate of drug-likeness (QED) is 0.551. The average Bonchev–Trinajstić information content (AvgIpc) is 3.15. The molecule has 30 heavy (non-hydrogen) atoms. The van der Waals surface area contributed by atoms with Crippen LogP contribution in [0.4, 0.5) is 19.2 Å². The zero-order chi connectivity index (χ0) is 20.5. The van der Waals surface area contributed by atoms with Gasteiger partial charge in [0.25, 0.3) is 5.89 Å². The molecule has 0 amide bonds. The van der Waals surface area contributed by atoms with Crippen LogP contribution in [0.1, 0.15) is 41.9 Å². The number of fused-ring (bicyclic) bond motifs is 2. The van der Waals surface area contributed by atoms with Crippen LogP contribution in [0.25, 0.3) is 5.52 Å². The van der Waals surface area contributed by atoms with Crippen molar-refractivity contribution in [3.05, 3.63) is 59.5 Å². The first kappa shape index (κ1) is 17.5. The fourth-order valence-corrected chi connectivity index (χ4v) is 4.00. The minimum atomic E-state index is -3.14. The van der Waals surface area contributed by atoms with Crippen molar-refractivity contribution in [1.29, 1.82) is 0 Å². The molecule has 0 saturated heterocycles. The third kappa shape index (κ3) is 2.54. The van der Waals surface area contributed by atoms with Crippen LogP contribution >= 0.6 is 0 Å². The Kier molecular flexibility index (Phi) is 3.54. The number of hydrogen-bond donors (Lipinski definition) is 1. The lowest BCUT2D eigenvalue weighted by Crippen LogP contribution is -2.37. The summed E-state index contributed by atoms with van der Waals surface area (Å²) >= 11 is 0. The molecule has 1 N–H and O–H groups in total. The monoisotopic (exact) mass is 415 g/mol. The van der Waals surface area contributed by atoms with Gasteiger partial charge in [-0.2, -0.15) is 13.9 Å². The van der Waals surface area contributed by atoms with Crippen LogP contribution in [0, 0.1) is 11.7 Å². The van der Waals surface area contributed by atoms with Crippen LogP contribution in [-0.4, -0.2) is 36.3 Å². The summed E-state index contributed by atoms with van der Waals surface area (Å²) in [7, 11) is 0. The van der Waals surface area contributed by atoms with E-state index in [1.54, 1.807) is 29.6 Å². The summed E-state index contributed by atoms with van der Waals surface area (Å²) in [6.45, 7) is 0.423. The number of imidazole rings is 1. The largest absolute Gasteiger partial charge is 0.401 e. The van der Waals surface area contributed by atoms with Crippen molar-refractivity contribution in [3.8, 4) is 0 Å². The topological polar surface area (TPSA) is 88.1 Å². The third-order valence-electron chi connectivity index (χ3n) is 5.71. The number of H-pyrrole nitrogens is 1. The molecule has 2 aliphatic rings. The maximum atomic E-state index is 14.4. The Bertz CT molecular complexity index is 1240. The molecule has 4 aromatic rings. The third-order valence-corrected chi connectivity index (χ3v) is 5.71. The number of rotatable bonds is 4. The van der Waals surface area contributed by atoms with Crippen LogP contribution < -0.4 is 4.90 Å². The van der Waals surface area contributed by atoms with Crippen molar-refractivity contribution in [1.82, 2.24) is 29.8 Å². The summed E-state index contributed by atoms with van der Waals surface area (Å²) in [5.74, 6) is -4.97. The van der Waals surface area contributed by atoms with Gasteiger partial charge in [0.2, 0.25) is 0 Å². The van der Waals surface area contributed by atoms with Gasteiger partial charge >= 0.3 is 11.9 Å². The van der Waals surface area contributed by atoms with E-state index in [0.717, 1.165) is 5.69 Å². The number of anilines is 1. The minimum Gasteiger partial charge on any atom is -0.401 e. The first-order chi connectivity index (χ1) is 14.5. The zero-order valence-corrected chi connectivity index (χ0v) is 15.6. The van der Waals surface area contributed by atoms with E-state index in [1.165, 1.54) is 10.6 Å². The number of pyridine rings is 1. The second-order valence-electron chi connectivity index (χ2n) is 7.65. The fourth-order valence-electron chi connectivity index (χ4n) is 4.00. The molecule has 1 aliphatic carbocycles. The molecule has 4 aromatic heterocycles. The standard InChI is InChI=1S/C19H16F3N7O/c20-11-2-1-6-29-14(11)8-13(27-29)16-15-12(23-9-24-15)5-7-28(16)18-26-25-17(30-18)19(21,22)10-3-4-10/h1-2,6,8-10,16H,3-5,7H2,(H,23,24). The Hall–Kier alpha value is -3.37. The molecule has 1 unspecified atom stereocenters. The summed E-state index contributed by atoms with van der Waals surface area (Å²) in [6, 6.07) is 3.92. The lowest BCUT2D eigenvalue weighted by Gasteiger charge is -2.32. The van der Waals surface area contributed by atoms with Crippen LogP contribution in [0.5, 0.6) is 0 Å². The molecular formula is C19H16F3N7O. The number of halogens is 3. The Balaban J connectivity index is 1.45. The molecule has 8 nitrogen and oxygen atoms in total. The van der Waals surface area contributed by atoms with Gasteiger partial charge in [0.1, 0.15) is 17.4 Å². The van der Waals surface area contributed by atoms with Gasteiger partial charge < -0.3 is 14.3 Å². The van der Waals surface area contributed by atoms with Crippen molar-refractivity contribution in [2.75, 3.05) is 11.4 Å². The molecule has 11 heteroatoms. The highest BCUT2D eigenvalue weighted by Crippen LogP contribution is 2.49. The number of nitrogens with zero attached hydrogens (tertiary/aromatic N) is 6. The van der Waals surface area contributed by atoms with Gasteiger partial charge in [-0.3, -0.25) is 0 Å². The number of aromatic nitrogens is 6. The first-order valence-electron chi connectivity index (χ1n) is 9.67. The van der Waals surface area contributed by atoms with Crippen LogP contribution in [0.3, 0.4) is 0 Å². The molecule has 6 rings (SSSR count). The molecular weight excluding hydrogens is 399 g/mol. The van der Waals surface area contributed by atoms with Crippen molar-refractivity contribution < 1.29 is 17.6 Å². The molecule has 0 bridgehead atoms. The van der Waals surface area contributed by atoms with Crippen LogP contribution in [0.15, 0.2) is 35.1 Å². The van der Waals surface area contributed by atoms with Crippen molar-refractivity contribution in [2.24, 2.45) is 5.92 Å². The van der Waals surface area contributed by atoms with Gasteiger partial charge in [-0.15, -0.1) is 5.10 Å². The lowest BCUT2D eigenvalue weighted by atomic mass is 10.0. The van der Waals surface area contributed by atoms with E-state index in [9.17, 15) is 13.2 Å². The lowest BCUT2D eigenvalue weighted by molar-refractivity contribution is -0.0535. The zero-order valence-electron chi connectivity index (χ0n) is 15.6. The SMILES string of the molecule is Fc1cccn2nc(C3c4nc[nH]c4CCN3c3nnc(C(F)(F)C4CC4)o3)cc12. The van der Waals surface area contributed by atoms with Crippen LogP contribution in [0.2, 0.25) is 0 Å².